The number of aliphatic hydroxyl groups excluding tert-OH is 1. The number of nitrogens with one attached hydrogen (secondary N) is 2. The molecule has 2 aliphatic carbocycles. The van der Waals surface area contributed by atoms with Crippen LogP contribution in [0.3, 0.4) is 0 Å². The molecule has 0 bridgehead atoms. The van der Waals surface area contributed by atoms with Crippen molar-refractivity contribution in [2.45, 2.75) is 151 Å². The number of anilines is 3. The molecule has 4 amide bonds. The van der Waals surface area contributed by atoms with E-state index in [1.165, 1.54) is 24.2 Å². The fourth-order valence-electron chi connectivity index (χ4n) is 13.3. The Bertz CT molecular complexity index is 2770. The lowest BCUT2D eigenvalue weighted by atomic mass is 9.73. The van der Waals surface area contributed by atoms with Crippen molar-refractivity contribution in [1.29, 1.82) is 0 Å². The van der Waals surface area contributed by atoms with Crippen LogP contribution in [0.1, 0.15) is 127 Å². The average Bonchev–Trinajstić information content (AvgIpc) is 4.04. The van der Waals surface area contributed by atoms with E-state index in [0.717, 1.165) is 89.5 Å². The maximum Gasteiger partial charge on any atom is 0.276 e. The summed E-state index contributed by atoms with van der Waals surface area (Å²) in [5.41, 5.74) is 5.28. The van der Waals surface area contributed by atoms with Crippen molar-refractivity contribution in [1.82, 2.24) is 39.5 Å². The Kier molecular flexibility index (Phi) is 12.5. The molecular weight excluding hydrogens is 933 g/mol. The van der Waals surface area contributed by atoms with Crippen LogP contribution in [0, 0.1) is 11.8 Å². The quantitative estimate of drug-likeness (QED) is 0.157. The number of aromatic nitrogens is 4. The predicted molar refractivity (Wildman–Crippen MR) is 272 cm³/mol. The molecule has 3 N–H and O–H groups in total. The summed E-state index contributed by atoms with van der Waals surface area (Å²) in [5, 5.41) is 16.0. The number of carbonyl (C=O) groups excluding carboxylic acids is 4. The summed E-state index contributed by atoms with van der Waals surface area (Å²) < 4.78 is 34.7. The van der Waals surface area contributed by atoms with E-state index in [2.05, 4.69) is 66.9 Å². The van der Waals surface area contributed by atoms with Gasteiger partial charge in [0, 0.05) is 80.3 Å². The maximum atomic E-state index is 16.3. The summed E-state index contributed by atoms with van der Waals surface area (Å²) in [6.45, 7) is 7.22. The van der Waals surface area contributed by atoms with Crippen LogP contribution in [0.2, 0.25) is 0 Å². The summed E-state index contributed by atoms with van der Waals surface area (Å²) in [6, 6.07) is 13.1. The minimum absolute atomic E-state index is 0.0426. The minimum atomic E-state index is -3.41. The molecule has 1 aromatic carbocycles. The van der Waals surface area contributed by atoms with E-state index in [9.17, 15) is 19.5 Å². The summed E-state index contributed by atoms with van der Waals surface area (Å²) >= 11 is 0. The molecule has 3 unspecified atom stereocenters. The van der Waals surface area contributed by atoms with Gasteiger partial charge in [0.2, 0.25) is 23.6 Å². The first kappa shape index (κ1) is 48.2. The average molecular weight is 1000 g/mol. The largest absolute Gasteiger partial charge is 0.374 e. The van der Waals surface area contributed by atoms with Gasteiger partial charge in [-0.25, -0.2) is 23.7 Å². The molecule has 4 aromatic rings. The molecule has 5 saturated heterocycles. The first-order valence-corrected chi connectivity index (χ1v) is 27.3. The third kappa shape index (κ3) is 8.80. The molecule has 2 saturated carbocycles. The van der Waals surface area contributed by atoms with Crippen LogP contribution in [0.15, 0.2) is 48.9 Å². The van der Waals surface area contributed by atoms with Crippen LogP contribution in [0.25, 0.3) is 22.3 Å². The van der Waals surface area contributed by atoms with Crippen molar-refractivity contribution in [2.24, 2.45) is 11.8 Å². The monoisotopic (exact) mass is 1000 g/mol. The van der Waals surface area contributed by atoms with Gasteiger partial charge in [-0.2, -0.15) is 0 Å². The zero-order chi connectivity index (χ0) is 50.3. The van der Waals surface area contributed by atoms with Gasteiger partial charge in [0.15, 0.2) is 5.82 Å². The smallest absolute Gasteiger partial charge is 0.276 e. The summed E-state index contributed by atoms with van der Waals surface area (Å²) in [7, 11) is 0. The molecular formula is C55H69F2N11O5. The van der Waals surface area contributed by atoms with Crippen LogP contribution in [-0.2, 0) is 24.6 Å². The number of halogens is 2. The lowest BCUT2D eigenvalue weighted by molar-refractivity contribution is -0.170. The third-order valence-electron chi connectivity index (χ3n) is 17.9. The molecule has 7 fully saturated rings. The number of rotatable bonds is 10. The van der Waals surface area contributed by atoms with Gasteiger partial charge < -0.3 is 44.8 Å². The second-order valence-electron chi connectivity index (χ2n) is 22.8. The van der Waals surface area contributed by atoms with Crippen molar-refractivity contribution in [3.8, 4) is 11.3 Å². The first-order valence-electron chi connectivity index (χ1n) is 27.3. The fourth-order valence-corrected chi connectivity index (χ4v) is 13.3. The molecule has 16 nitrogen and oxygen atoms in total. The van der Waals surface area contributed by atoms with E-state index in [4.69, 9.17) is 9.97 Å². The lowest BCUT2D eigenvalue weighted by Crippen LogP contribution is -2.60. The lowest BCUT2D eigenvalue weighted by Gasteiger charge is -2.48. The number of imidazole rings is 1. The van der Waals surface area contributed by atoms with Crippen LogP contribution in [0.5, 0.6) is 0 Å². The molecule has 8 aliphatic rings. The van der Waals surface area contributed by atoms with Gasteiger partial charge in [0.25, 0.3) is 5.92 Å². The van der Waals surface area contributed by atoms with Crippen molar-refractivity contribution in [2.75, 3.05) is 67.5 Å². The van der Waals surface area contributed by atoms with E-state index in [0.29, 0.717) is 63.7 Å². The highest BCUT2D eigenvalue weighted by atomic mass is 19.3. The molecule has 388 valence electrons. The second kappa shape index (κ2) is 18.9. The molecule has 12 rings (SSSR count). The van der Waals surface area contributed by atoms with Gasteiger partial charge in [-0.3, -0.25) is 19.2 Å². The van der Waals surface area contributed by atoms with Crippen LogP contribution in [0.4, 0.5) is 26.1 Å². The van der Waals surface area contributed by atoms with Crippen LogP contribution < -0.4 is 20.4 Å². The maximum absolute atomic E-state index is 16.3. The fraction of sp³-hybridized carbons (Fsp3) is 0.618. The molecule has 1 spiro atoms. The summed E-state index contributed by atoms with van der Waals surface area (Å²) in [6.07, 6.45) is 13.0. The van der Waals surface area contributed by atoms with Gasteiger partial charge >= 0.3 is 0 Å². The van der Waals surface area contributed by atoms with Crippen molar-refractivity contribution in [3.63, 3.8) is 0 Å². The van der Waals surface area contributed by atoms with Crippen LogP contribution >= 0.6 is 0 Å². The number of piperidine rings is 5. The number of hydrogen-bond acceptors (Lipinski definition) is 11. The number of nitrogens with zero attached hydrogens (tertiary/aromatic N) is 9. The molecule has 3 aromatic heterocycles. The van der Waals surface area contributed by atoms with Crippen molar-refractivity contribution < 1.29 is 33.1 Å². The molecule has 18 heteroatoms. The zero-order valence-electron chi connectivity index (χ0n) is 42.2. The van der Waals surface area contributed by atoms with Gasteiger partial charge in [-0.1, -0.05) is 24.6 Å². The summed E-state index contributed by atoms with van der Waals surface area (Å²) in [4.78, 5) is 79.8. The van der Waals surface area contributed by atoms with E-state index in [1.807, 2.05) is 24.5 Å². The van der Waals surface area contributed by atoms with Crippen molar-refractivity contribution in [3.05, 3.63) is 60.0 Å². The van der Waals surface area contributed by atoms with E-state index in [1.54, 1.807) is 11.1 Å². The van der Waals surface area contributed by atoms with Gasteiger partial charge in [-0.05, 0) is 140 Å². The number of hydrogen-bond donors (Lipinski definition) is 3. The first-order chi connectivity index (χ1) is 35.2. The van der Waals surface area contributed by atoms with Gasteiger partial charge in [0.1, 0.15) is 23.5 Å². The molecule has 3 atom stereocenters. The normalized spacial score (nSPS) is 27.6. The highest BCUT2D eigenvalue weighted by Gasteiger charge is 2.58. The topological polar surface area (TPSA) is 172 Å². The Morgan fingerprint density at radius 1 is 0.822 bits per heavy atom. The Morgan fingerprint density at radius 3 is 2.27 bits per heavy atom. The molecule has 6 aliphatic heterocycles. The van der Waals surface area contributed by atoms with E-state index < -0.39 is 41.9 Å². The number of carbonyl (C=O) groups is 4. The second-order valence-corrected chi connectivity index (χ2v) is 22.8. The summed E-state index contributed by atoms with van der Waals surface area (Å²) in [5.74, 6) is -5.26. The minimum Gasteiger partial charge on any atom is -0.374 e. The Balaban J connectivity index is 0.714. The van der Waals surface area contributed by atoms with Crippen LogP contribution in [-0.4, -0.2) is 146 Å². The number of amides is 4. The number of fused-ring (bicyclic) bond motifs is 3. The number of aliphatic hydroxyl groups is 1. The van der Waals surface area contributed by atoms with Crippen molar-refractivity contribution >= 4 is 52.0 Å². The van der Waals surface area contributed by atoms with E-state index >= 15 is 13.6 Å². The number of likely N-dealkylation sites (tertiary alicyclic amines) is 3. The highest BCUT2D eigenvalue weighted by Crippen LogP contribution is 2.53. The standard InChI is InChI=1S/C55H69F2N11O5/c1-33(2)67-32-59-44-29-43(61-49(48(44)67)60-37-8-9-37)35-6-11-41-45(26-35)68(39-27-38(28-39)63-19-4-3-5-20-63)53(73)54(41)17-24-65(25-18-54)52(72)42-16-23-66(31-55(42,56)57)51(71)34-14-21-64(22-15-34)46-12-7-36(30-58-46)40-10-13-47(69)62-50(40)70/h6-7,11-12,26,29-30,32-34,37-40,42,47,69H,3-5,8-10,13-25,27-28,31H2,1-2H3,(H,60,61)(H,62,70)/t38-,39+,40?,42?,47?. The Labute approximate surface area is 425 Å². The Hall–Kier alpha value is -5.75. The number of benzene rings is 1. The predicted octanol–water partition coefficient (Wildman–Crippen LogP) is 6.58. The Morgan fingerprint density at radius 2 is 1.59 bits per heavy atom. The molecule has 9 heterocycles. The zero-order valence-corrected chi connectivity index (χ0v) is 42.2. The van der Waals surface area contributed by atoms with E-state index in [-0.39, 0.29) is 61.8 Å². The third-order valence-corrected chi connectivity index (χ3v) is 17.9. The molecule has 73 heavy (non-hydrogen) atoms. The number of alkyl halides is 2. The highest BCUT2D eigenvalue weighted by molar-refractivity contribution is 6.09. The molecule has 0 radical (unpaired) electrons. The number of pyridine rings is 2. The SMILES string of the molecule is CC(C)n1cnc2cc(-c3ccc4c(c3)N([C@H]3C[C@@H](N5CCCCC5)C3)C(=O)C43CCN(C(=O)C4CCN(C(=O)C5CCN(c6ccc(C7CCC(O)NC7=O)cn6)CC5)CC4(F)F)CC3)nc(NC3CC3)c21. The van der Waals surface area contributed by atoms with Gasteiger partial charge in [0.05, 0.1) is 35.4 Å². The van der Waals surface area contributed by atoms with Gasteiger partial charge in [-0.15, -0.1) is 0 Å².